The van der Waals surface area contributed by atoms with Gasteiger partial charge in [-0.2, -0.15) is 0 Å². The predicted octanol–water partition coefficient (Wildman–Crippen LogP) is 6.54. The van der Waals surface area contributed by atoms with E-state index < -0.39 is 29.7 Å². The zero-order valence-corrected chi connectivity index (χ0v) is 26.7. The summed E-state index contributed by atoms with van der Waals surface area (Å²) in [6, 6.07) is 22.9. The van der Waals surface area contributed by atoms with Crippen molar-refractivity contribution in [3.63, 3.8) is 0 Å². The molecule has 44 heavy (non-hydrogen) atoms. The number of rotatable bonds is 13. The van der Waals surface area contributed by atoms with Gasteiger partial charge in [0, 0.05) is 19.0 Å². The Morgan fingerprint density at radius 1 is 0.818 bits per heavy atom. The average molecular weight is 602 g/mol. The molecule has 3 aromatic carbocycles. The van der Waals surface area contributed by atoms with Gasteiger partial charge in [-0.05, 0) is 75.3 Å². The highest BCUT2D eigenvalue weighted by molar-refractivity contribution is 5.92. The number of nitrogens with zero attached hydrogens (tertiary/aromatic N) is 1. The molecule has 0 radical (unpaired) electrons. The molecule has 0 saturated heterocycles. The number of carbonyl (C=O) groups is 3. The van der Waals surface area contributed by atoms with Crippen molar-refractivity contribution in [2.45, 2.75) is 91.1 Å². The second kappa shape index (κ2) is 15.9. The molecule has 0 aliphatic carbocycles. The number of phenols is 1. The Balaban J connectivity index is 2.07. The van der Waals surface area contributed by atoms with Gasteiger partial charge in [-0.3, -0.25) is 9.59 Å². The second-order valence-corrected chi connectivity index (χ2v) is 12.7. The topological polar surface area (TPSA) is 108 Å². The van der Waals surface area contributed by atoms with E-state index in [1.165, 1.54) is 12.1 Å². The van der Waals surface area contributed by atoms with Crippen LogP contribution in [0.25, 0.3) is 0 Å². The Hall–Kier alpha value is -4.33. The van der Waals surface area contributed by atoms with Crippen LogP contribution in [0.3, 0.4) is 0 Å². The lowest BCUT2D eigenvalue weighted by molar-refractivity contribution is -0.145. The van der Waals surface area contributed by atoms with Crippen LogP contribution < -0.4 is 10.6 Å². The first-order valence-electron chi connectivity index (χ1n) is 15.3. The van der Waals surface area contributed by atoms with Gasteiger partial charge >= 0.3 is 6.09 Å². The Bertz CT molecular complexity index is 1340. The average Bonchev–Trinajstić information content (AvgIpc) is 2.97. The summed E-state index contributed by atoms with van der Waals surface area (Å²) in [5.74, 6) is -0.325. The van der Waals surface area contributed by atoms with Gasteiger partial charge in [0.1, 0.15) is 23.4 Å². The third kappa shape index (κ3) is 10.7. The Morgan fingerprint density at radius 3 is 1.93 bits per heavy atom. The molecule has 0 aliphatic rings. The van der Waals surface area contributed by atoms with Crippen LogP contribution in [0.1, 0.15) is 77.1 Å². The quantitative estimate of drug-likeness (QED) is 0.206. The number of hydrogen-bond donors (Lipinski definition) is 3. The van der Waals surface area contributed by atoms with Crippen LogP contribution >= 0.6 is 0 Å². The third-order valence-corrected chi connectivity index (χ3v) is 7.21. The fourth-order valence-electron chi connectivity index (χ4n) is 4.97. The molecule has 3 aromatic rings. The number of nitrogens with one attached hydrogen (secondary N) is 2. The highest BCUT2D eigenvalue weighted by Crippen LogP contribution is 2.29. The van der Waals surface area contributed by atoms with E-state index in [9.17, 15) is 19.5 Å². The third-order valence-electron chi connectivity index (χ3n) is 7.21. The summed E-state index contributed by atoms with van der Waals surface area (Å²) in [6.07, 6.45) is 0.979. The molecule has 0 heterocycles. The van der Waals surface area contributed by atoms with Gasteiger partial charge in [0.25, 0.3) is 0 Å². The summed E-state index contributed by atoms with van der Waals surface area (Å²) < 4.78 is 5.54. The van der Waals surface area contributed by atoms with Crippen LogP contribution in [0.4, 0.5) is 4.79 Å². The molecule has 236 valence electrons. The Kier molecular flexibility index (Phi) is 12.4. The lowest BCUT2D eigenvalue weighted by Gasteiger charge is -2.39. The van der Waals surface area contributed by atoms with E-state index in [0.29, 0.717) is 17.9 Å². The smallest absolute Gasteiger partial charge is 0.408 e. The number of carbonyl (C=O) groups excluding carboxylic acids is 3. The van der Waals surface area contributed by atoms with Gasteiger partial charge in [0.2, 0.25) is 11.8 Å². The molecule has 0 saturated carbocycles. The molecule has 0 aromatic heterocycles. The van der Waals surface area contributed by atoms with Crippen molar-refractivity contribution < 1.29 is 24.2 Å². The van der Waals surface area contributed by atoms with E-state index in [0.717, 1.165) is 17.5 Å². The first-order chi connectivity index (χ1) is 20.8. The van der Waals surface area contributed by atoms with Crippen LogP contribution in [-0.4, -0.2) is 45.6 Å². The van der Waals surface area contributed by atoms with Crippen molar-refractivity contribution in [1.29, 1.82) is 0 Å². The number of amides is 3. The van der Waals surface area contributed by atoms with Crippen molar-refractivity contribution in [1.82, 2.24) is 15.5 Å². The molecular formula is C36H47N3O5. The van der Waals surface area contributed by atoms with Crippen molar-refractivity contribution >= 4 is 17.9 Å². The lowest BCUT2D eigenvalue weighted by Crippen LogP contribution is -2.56. The molecule has 8 nitrogen and oxygen atoms in total. The predicted molar refractivity (Wildman–Crippen MR) is 173 cm³/mol. The highest BCUT2D eigenvalue weighted by atomic mass is 16.6. The molecule has 0 aliphatic heterocycles. The molecule has 8 heteroatoms. The van der Waals surface area contributed by atoms with Gasteiger partial charge in [0.05, 0.1) is 0 Å². The fraction of sp³-hybridized carbons (Fsp3) is 0.417. The van der Waals surface area contributed by atoms with Crippen molar-refractivity contribution in [2.75, 3.05) is 0 Å². The van der Waals surface area contributed by atoms with Crippen LogP contribution in [0.2, 0.25) is 0 Å². The number of aromatic hydroxyl groups is 1. The molecular weight excluding hydrogens is 554 g/mol. The van der Waals surface area contributed by atoms with E-state index in [-0.39, 0.29) is 30.7 Å². The maximum atomic E-state index is 14.7. The van der Waals surface area contributed by atoms with Gasteiger partial charge < -0.3 is 25.4 Å². The monoisotopic (exact) mass is 601 g/mol. The van der Waals surface area contributed by atoms with E-state index in [4.69, 9.17) is 4.74 Å². The SMILES string of the molecule is CC(C)CCC(C)N(C(=O)C(Cc1ccccc1)NC(=O)OC(C)(C)C)C(C(=O)NCc1ccccc1)c1ccc(O)cc1. The first-order valence-corrected chi connectivity index (χ1v) is 15.3. The lowest BCUT2D eigenvalue weighted by atomic mass is 9.96. The van der Waals surface area contributed by atoms with Crippen molar-refractivity contribution in [3.05, 3.63) is 102 Å². The summed E-state index contributed by atoms with van der Waals surface area (Å²) >= 11 is 0. The summed E-state index contributed by atoms with van der Waals surface area (Å²) in [5.41, 5.74) is 1.56. The summed E-state index contributed by atoms with van der Waals surface area (Å²) in [7, 11) is 0. The molecule has 3 unspecified atom stereocenters. The van der Waals surface area contributed by atoms with E-state index in [1.807, 2.05) is 67.6 Å². The van der Waals surface area contributed by atoms with Crippen molar-refractivity contribution in [3.8, 4) is 5.75 Å². The minimum Gasteiger partial charge on any atom is -0.508 e. The molecule has 0 fully saturated rings. The number of phenolic OH excluding ortho intramolecular Hbond substituents is 1. The Labute approximate surface area is 261 Å². The molecule has 0 bridgehead atoms. The van der Waals surface area contributed by atoms with Gasteiger partial charge in [-0.15, -0.1) is 0 Å². The molecule has 0 spiro atoms. The van der Waals surface area contributed by atoms with Crippen LogP contribution in [-0.2, 0) is 27.3 Å². The maximum Gasteiger partial charge on any atom is 0.408 e. The maximum absolute atomic E-state index is 14.7. The highest BCUT2D eigenvalue weighted by Gasteiger charge is 2.39. The second-order valence-electron chi connectivity index (χ2n) is 12.7. The van der Waals surface area contributed by atoms with E-state index >= 15 is 0 Å². The van der Waals surface area contributed by atoms with Gasteiger partial charge in [0.15, 0.2) is 0 Å². The van der Waals surface area contributed by atoms with Crippen LogP contribution in [0, 0.1) is 5.92 Å². The zero-order chi connectivity index (χ0) is 32.3. The molecule has 3 amide bonds. The number of ether oxygens (including phenoxy) is 1. The van der Waals surface area contributed by atoms with Crippen LogP contribution in [0.5, 0.6) is 5.75 Å². The molecule has 3 rings (SSSR count). The van der Waals surface area contributed by atoms with Gasteiger partial charge in [-0.25, -0.2) is 4.79 Å². The summed E-state index contributed by atoms with van der Waals surface area (Å²) in [5, 5.41) is 15.9. The molecule has 3 atom stereocenters. The largest absolute Gasteiger partial charge is 0.508 e. The van der Waals surface area contributed by atoms with Crippen molar-refractivity contribution in [2.24, 2.45) is 5.92 Å². The normalized spacial score (nSPS) is 13.4. The number of hydrogen-bond acceptors (Lipinski definition) is 5. The van der Waals surface area contributed by atoms with Crippen LogP contribution in [0.15, 0.2) is 84.9 Å². The summed E-state index contributed by atoms with van der Waals surface area (Å²) in [6.45, 7) is 11.7. The minimum absolute atomic E-state index is 0.0523. The summed E-state index contributed by atoms with van der Waals surface area (Å²) in [4.78, 5) is 43.5. The zero-order valence-electron chi connectivity index (χ0n) is 26.7. The minimum atomic E-state index is -1.02. The number of alkyl carbamates (subject to hydrolysis) is 1. The Morgan fingerprint density at radius 2 is 1.39 bits per heavy atom. The number of benzene rings is 3. The fourth-order valence-corrected chi connectivity index (χ4v) is 4.97. The van der Waals surface area contributed by atoms with E-state index in [1.54, 1.807) is 37.8 Å². The molecule has 3 N–H and O–H groups in total. The standard InChI is InChI=1S/C36H47N3O5/c1-25(2)17-18-26(3)39(34(42)31(23-27-13-9-7-10-14-27)38-35(43)44-36(4,5)6)32(29-19-21-30(40)22-20-29)33(41)37-24-28-15-11-8-12-16-28/h7-16,19-22,25-26,31-32,40H,17-18,23-24H2,1-6H3,(H,37,41)(H,38,43). The van der Waals surface area contributed by atoms with E-state index in [2.05, 4.69) is 24.5 Å². The van der Waals surface area contributed by atoms with Gasteiger partial charge in [-0.1, -0.05) is 86.6 Å². The first kappa shape index (κ1) is 34.2.